The van der Waals surface area contributed by atoms with Gasteiger partial charge in [0, 0.05) is 22.8 Å². The van der Waals surface area contributed by atoms with Crippen LogP contribution in [-0.2, 0) is 27.4 Å². The second-order valence-electron chi connectivity index (χ2n) is 8.11. The standard InChI is InChI=1S/C25H35N3O4S/c1-5-19(3)15-28(25(31)26-14-24(30)32-6-2)18-23(29)27(16-21-10-8-7-9-11-21)17-22-13-12-20(4)33-22/h7-13,19H,5-6,14-18H2,1-4H3,(H,26,31). The lowest BCUT2D eigenvalue weighted by atomic mass is 10.1. The quantitative estimate of drug-likeness (QED) is 0.469. The Bertz CT molecular complexity index is 900. The highest BCUT2D eigenvalue weighted by Crippen LogP contribution is 2.19. The van der Waals surface area contributed by atoms with Crippen LogP contribution in [0, 0.1) is 12.8 Å². The average molecular weight is 474 g/mol. The van der Waals surface area contributed by atoms with E-state index < -0.39 is 12.0 Å². The highest BCUT2D eigenvalue weighted by atomic mass is 32.1. The number of ether oxygens (including phenoxy) is 1. The number of nitrogens with one attached hydrogen (secondary N) is 1. The second-order valence-corrected chi connectivity index (χ2v) is 9.48. The number of thiophene rings is 1. The van der Waals surface area contributed by atoms with Crippen LogP contribution >= 0.6 is 11.3 Å². The molecule has 7 nitrogen and oxygen atoms in total. The number of rotatable bonds is 12. The molecule has 33 heavy (non-hydrogen) atoms. The number of benzene rings is 1. The molecule has 0 radical (unpaired) electrons. The number of hydrogen-bond donors (Lipinski definition) is 1. The van der Waals surface area contributed by atoms with E-state index in [1.54, 1.807) is 23.2 Å². The Morgan fingerprint density at radius 1 is 1.03 bits per heavy atom. The van der Waals surface area contributed by atoms with Crippen LogP contribution in [0.5, 0.6) is 0 Å². The monoisotopic (exact) mass is 473 g/mol. The molecule has 0 aliphatic heterocycles. The first kappa shape index (κ1) is 26.4. The first-order chi connectivity index (χ1) is 15.8. The maximum absolute atomic E-state index is 13.4. The van der Waals surface area contributed by atoms with Gasteiger partial charge in [0.2, 0.25) is 5.91 Å². The molecule has 1 heterocycles. The van der Waals surface area contributed by atoms with Crippen LogP contribution in [-0.4, -0.2) is 53.9 Å². The fourth-order valence-electron chi connectivity index (χ4n) is 3.25. The van der Waals surface area contributed by atoms with E-state index in [-0.39, 0.29) is 31.5 Å². The lowest BCUT2D eigenvalue weighted by Gasteiger charge is -2.29. The van der Waals surface area contributed by atoms with Crippen molar-refractivity contribution in [3.05, 3.63) is 57.8 Å². The molecule has 180 valence electrons. The van der Waals surface area contributed by atoms with Gasteiger partial charge in [-0.3, -0.25) is 9.59 Å². The minimum Gasteiger partial charge on any atom is -0.465 e. The maximum Gasteiger partial charge on any atom is 0.325 e. The van der Waals surface area contributed by atoms with Crippen LogP contribution in [0.25, 0.3) is 0 Å². The second kappa shape index (κ2) is 13.6. The molecule has 0 fully saturated rings. The fourth-order valence-corrected chi connectivity index (χ4v) is 4.16. The van der Waals surface area contributed by atoms with Crippen molar-refractivity contribution in [3.8, 4) is 0 Å². The number of urea groups is 1. The van der Waals surface area contributed by atoms with Crippen molar-refractivity contribution < 1.29 is 19.1 Å². The highest BCUT2D eigenvalue weighted by molar-refractivity contribution is 7.11. The molecule has 8 heteroatoms. The van der Waals surface area contributed by atoms with Gasteiger partial charge in [-0.1, -0.05) is 50.6 Å². The molecule has 2 rings (SSSR count). The lowest BCUT2D eigenvalue weighted by Crippen LogP contribution is -2.49. The Balaban J connectivity index is 2.15. The Kier molecular flexibility index (Phi) is 10.9. The van der Waals surface area contributed by atoms with Gasteiger partial charge in [-0.15, -0.1) is 11.3 Å². The van der Waals surface area contributed by atoms with E-state index in [0.717, 1.165) is 16.9 Å². The number of hydrogen-bond acceptors (Lipinski definition) is 5. The van der Waals surface area contributed by atoms with Gasteiger partial charge in [0.05, 0.1) is 13.2 Å². The van der Waals surface area contributed by atoms with Gasteiger partial charge in [0.15, 0.2) is 0 Å². The number of nitrogens with zero attached hydrogens (tertiary/aromatic N) is 2. The first-order valence-electron chi connectivity index (χ1n) is 11.4. The predicted molar refractivity (Wildman–Crippen MR) is 131 cm³/mol. The Morgan fingerprint density at radius 2 is 1.76 bits per heavy atom. The number of aryl methyl sites for hydroxylation is 1. The summed E-state index contributed by atoms with van der Waals surface area (Å²) in [5, 5.41) is 2.59. The zero-order valence-corrected chi connectivity index (χ0v) is 20.8. The van der Waals surface area contributed by atoms with E-state index >= 15 is 0 Å². The van der Waals surface area contributed by atoms with Gasteiger partial charge in [-0.05, 0) is 37.5 Å². The summed E-state index contributed by atoms with van der Waals surface area (Å²) in [6, 6.07) is 13.5. The van der Waals surface area contributed by atoms with Gasteiger partial charge in [-0.2, -0.15) is 0 Å². The average Bonchev–Trinajstić information content (AvgIpc) is 3.21. The van der Waals surface area contributed by atoms with Gasteiger partial charge in [-0.25, -0.2) is 4.79 Å². The zero-order valence-electron chi connectivity index (χ0n) is 20.0. The third kappa shape index (κ3) is 9.26. The Hall–Kier alpha value is -2.87. The molecule has 1 aromatic heterocycles. The number of carbonyl (C=O) groups excluding carboxylic acids is 3. The van der Waals surface area contributed by atoms with Crippen molar-refractivity contribution >= 4 is 29.2 Å². The van der Waals surface area contributed by atoms with Crippen LogP contribution in [0.1, 0.15) is 42.5 Å². The third-order valence-corrected chi connectivity index (χ3v) is 6.23. The van der Waals surface area contributed by atoms with Crippen LogP contribution < -0.4 is 5.32 Å². The predicted octanol–water partition coefficient (Wildman–Crippen LogP) is 4.21. The molecule has 0 spiro atoms. The zero-order chi connectivity index (χ0) is 24.2. The van der Waals surface area contributed by atoms with E-state index in [1.807, 2.05) is 63.2 Å². The molecular weight excluding hydrogens is 438 g/mol. The van der Waals surface area contributed by atoms with E-state index in [1.165, 1.54) is 9.78 Å². The van der Waals surface area contributed by atoms with Crippen molar-refractivity contribution in [2.75, 3.05) is 26.2 Å². The lowest BCUT2D eigenvalue weighted by molar-refractivity contribution is -0.141. The highest BCUT2D eigenvalue weighted by Gasteiger charge is 2.24. The number of carbonyl (C=O) groups is 3. The summed E-state index contributed by atoms with van der Waals surface area (Å²) in [4.78, 5) is 43.4. The SMILES string of the molecule is CCOC(=O)CNC(=O)N(CC(=O)N(Cc1ccccc1)Cc1ccc(C)s1)CC(C)CC. The van der Waals surface area contributed by atoms with E-state index in [4.69, 9.17) is 4.74 Å². The maximum atomic E-state index is 13.4. The molecule has 1 aromatic carbocycles. The molecule has 0 saturated heterocycles. The van der Waals surface area contributed by atoms with Crippen LogP contribution in [0.4, 0.5) is 4.79 Å². The summed E-state index contributed by atoms with van der Waals surface area (Å²) in [5.74, 6) is -0.424. The number of esters is 1. The molecule has 1 N–H and O–H groups in total. The van der Waals surface area contributed by atoms with Gasteiger partial charge in [0.25, 0.3) is 0 Å². The molecule has 1 unspecified atom stereocenters. The molecular formula is C25H35N3O4S. The summed E-state index contributed by atoms with van der Waals surface area (Å²) >= 11 is 1.66. The van der Waals surface area contributed by atoms with Crippen LogP contribution in [0.2, 0.25) is 0 Å². The smallest absolute Gasteiger partial charge is 0.325 e. The van der Waals surface area contributed by atoms with E-state index in [2.05, 4.69) is 5.32 Å². The normalized spacial score (nSPS) is 11.5. The molecule has 0 aliphatic rings. The Labute approximate surface area is 200 Å². The summed E-state index contributed by atoms with van der Waals surface area (Å²) in [6.45, 7) is 9.16. The van der Waals surface area contributed by atoms with Crippen LogP contribution in [0.3, 0.4) is 0 Å². The molecule has 2 aromatic rings. The third-order valence-electron chi connectivity index (χ3n) is 5.24. The minimum atomic E-state index is -0.501. The van der Waals surface area contributed by atoms with Crippen molar-refractivity contribution in [2.24, 2.45) is 5.92 Å². The van der Waals surface area contributed by atoms with Crippen molar-refractivity contribution in [1.29, 1.82) is 0 Å². The van der Waals surface area contributed by atoms with Crippen molar-refractivity contribution in [2.45, 2.75) is 47.2 Å². The number of amides is 3. The fraction of sp³-hybridized carbons (Fsp3) is 0.480. The molecule has 0 bridgehead atoms. The molecule has 0 saturated carbocycles. The molecule has 3 amide bonds. The summed E-state index contributed by atoms with van der Waals surface area (Å²) in [6.07, 6.45) is 0.873. The first-order valence-corrected chi connectivity index (χ1v) is 12.2. The van der Waals surface area contributed by atoms with Gasteiger partial charge in [0.1, 0.15) is 13.1 Å². The largest absolute Gasteiger partial charge is 0.465 e. The van der Waals surface area contributed by atoms with E-state index in [0.29, 0.717) is 19.6 Å². The summed E-state index contributed by atoms with van der Waals surface area (Å²) in [7, 11) is 0. The topological polar surface area (TPSA) is 79.0 Å². The summed E-state index contributed by atoms with van der Waals surface area (Å²) in [5.41, 5.74) is 1.03. The van der Waals surface area contributed by atoms with Crippen molar-refractivity contribution in [3.63, 3.8) is 0 Å². The van der Waals surface area contributed by atoms with Crippen molar-refractivity contribution in [1.82, 2.24) is 15.1 Å². The van der Waals surface area contributed by atoms with Gasteiger partial charge >= 0.3 is 12.0 Å². The molecule has 0 aliphatic carbocycles. The van der Waals surface area contributed by atoms with E-state index in [9.17, 15) is 14.4 Å². The minimum absolute atomic E-state index is 0.0593. The van der Waals surface area contributed by atoms with Gasteiger partial charge < -0.3 is 19.9 Å². The summed E-state index contributed by atoms with van der Waals surface area (Å²) < 4.78 is 4.88. The molecule has 1 atom stereocenters. The Morgan fingerprint density at radius 3 is 2.36 bits per heavy atom. The van der Waals surface area contributed by atoms with Crippen LogP contribution in [0.15, 0.2) is 42.5 Å².